The van der Waals surface area contributed by atoms with Crippen molar-refractivity contribution in [3.05, 3.63) is 35.9 Å². The standard InChI is InChI=1S/C16H19NO3/c18-14(12-13-6-2-1-3-7-13)17-10-11-20-15(19)16(17)8-4-5-9-16/h1-3,6-7H,4-5,8-12H2. The number of carbonyl (C=O) groups is 2. The number of morpholine rings is 1. The summed E-state index contributed by atoms with van der Waals surface area (Å²) in [6, 6.07) is 9.69. The molecule has 106 valence electrons. The summed E-state index contributed by atoms with van der Waals surface area (Å²) in [6.07, 6.45) is 3.82. The van der Waals surface area contributed by atoms with Crippen LogP contribution in [0.15, 0.2) is 30.3 Å². The van der Waals surface area contributed by atoms with Crippen molar-refractivity contribution >= 4 is 11.9 Å². The first-order valence-electron chi connectivity index (χ1n) is 7.24. The van der Waals surface area contributed by atoms with Crippen LogP contribution in [0.1, 0.15) is 31.2 Å². The van der Waals surface area contributed by atoms with E-state index in [2.05, 4.69) is 0 Å². The molecule has 1 aromatic rings. The van der Waals surface area contributed by atoms with Gasteiger partial charge in [-0.3, -0.25) is 4.79 Å². The van der Waals surface area contributed by atoms with Crippen molar-refractivity contribution < 1.29 is 14.3 Å². The van der Waals surface area contributed by atoms with Gasteiger partial charge in [-0.15, -0.1) is 0 Å². The van der Waals surface area contributed by atoms with E-state index in [1.54, 1.807) is 4.90 Å². The molecule has 2 fully saturated rings. The van der Waals surface area contributed by atoms with E-state index >= 15 is 0 Å². The minimum Gasteiger partial charge on any atom is -0.462 e. The molecule has 4 nitrogen and oxygen atoms in total. The van der Waals surface area contributed by atoms with Crippen molar-refractivity contribution in [2.24, 2.45) is 0 Å². The zero-order valence-electron chi connectivity index (χ0n) is 11.5. The van der Waals surface area contributed by atoms with Crippen LogP contribution in [0.25, 0.3) is 0 Å². The fraction of sp³-hybridized carbons (Fsp3) is 0.500. The van der Waals surface area contributed by atoms with E-state index in [0.717, 1.165) is 31.2 Å². The number of carbonyl (C=O) groups excluding carboxylic acids is 2. The Morgan fingerprint density at radius 1 is 1.20 bits per heavy atom. The summed E-state index contributed by atoms with van der Waals surface area (Å²) < 4.78 is 5.21. The van der Waals surface area contributed by atoms with Gasteiger partial charge in [-0.05, 0) is 18.4 Å². The van der Waals surface area contributed by atoms with E-state index in [9.17, 15) is 9.59 Å². The van der Waals surface area contributed by atoms with Crippen LogP contribution in [0.5, 0.6) is 0 Å². The smallest absolute Gasteiger partial charge is 0.332 e. The molecule has 1 saturated heterocycles. The lowest BCUT2D eigenvalue weighted by Gasteiger charge is -2.42. The number of esters is 1. The summed E-state index contributed by atoms with van der Waals surface area (Å²) in [6.45, 7) is 0.846. The largest absolute Gasteiger partial charge is 0.462 e. The summed E-state index contributed by atoms with van der Waals surface area (Å²) in [4.78, 5) is 26.5. The zero-order valence-corrected chi connectivity index (χ0v) is 11.5. The van der Waals surface area contributed by atoms with E-state index < -0.39 is 5.54 Å². The topological polar surface area (TPSA) is 46.6 Å². The Morgan fingerprint density at radius 2 is 1.90 bits per heavy atom. The molecule has 2 aliphatic rings. The van der Waals surface area contributed by atoms with Gasteiger partial charge >= 0.3 is 5.97 Å². The first kappa shape index (κ1) is 13.2. The van der Waals surface area contributed by atoms with Gasteiger partial charge in [-0.25, -0.2) is 4.79 Å². The first-order chi connectivity index (χ1) is 9.72. The normalized spacial score (nSPS) is 21.0. The Morgan fingerprint density at radius 3 is 2.60 bits per heavy atom. The molecule has 0 atom stereocenters. The van der Waals surface area contributed by atoms with Crippen LogP contribution in [0, 0.1) is 0 Å². The van der Waals surface area contributed by atoms with E-state index in [0.29, 0.717) is 19.6 Å². The molecule has 0 bridgehead atoms. The molecule has 1 heterocycles. The lowest BCUT2D eigenvalue weighted by Crippen LogP contribution is -2.60. The van der Waals surface area contributed by atoms with Gasteiger partial charge in [0.15, 0.2) is 0 Å². The summed E-state index contributed by atoms with van der Waals surface area (Å²) in [5.41, 5.74) is 0.314. The van der Waals surface area contributed by atoms with E-state index in [4.69, 9.17) is 4.74 Å². The van der Waals surface area contributed by atoms with Crippen molar-refractivity contribution in [3.63, 3.8) is 0 Å². The Balaban J connectivity index is 1.80. The average Bonchev–Trinajstić information content (AvgIpc) is 2.93. The maximum atomic E-state index is 12.6. The summed E-state index contributed by atoms with van der Waals surface area (Å²) in [5, 5.41) is 0. The Labute approximate surface area is 118 Å². The fourth-order valence-electron chi connectivity index (χ4n) is 3.35. The number of amides is 1. The van der Waals surface area contributed by atoms with Crippen molar-refractivity contribution in [1.82, 2.24) is 4.90 Å². The maximum absolute atomic E-state index is 12.6. The molecule has 1 spiro atoms. The molecular formula is C16H19NO3. The Bertz CT molecular complexity index is 506. The highest BCUT2D eigenvalue weighted by Crippen LogP contribution is 2.38. The third-order valence-electron chi connectivity index (χ3n) is 4.37. The second-order valence-electron chi connectivity index (χ2n) is 5.58. The van der Waals surface area contributed by atoms with Gasteiger partial charge in [0.2, 0.25) is 5.91 Å². The molecule has 0 N–H and O–H groups in total. The highest BCUT2D eigenvalue weighted by Gasteiger charge is 2.51. The van der Waals surface area contributed by atoms with Crippen molar-refractivity contribution in [3.8, 4) is 0 Å². The van der Waals surface area contributed by atoms with Crippen LogP contribution in [0.2, 0.25) is 0 Å². The minimum atomic E-state index is -0.676. The van der Waals surface area contributed by atoms with Gasteiger partial charge in [-0.2, -0.15) is 0 Å². The summed E-state index contributed by atoms with van der Waals surface area (Å²) in [5.74, 6) is -0.169. The van der Waals surface area contributed by atoms with E-state index in [-0.39, 0.29) is 11.9 Å². The number of hydrogen-bond acceptors (Lipinski definition) is 3. The third kappa shape index (κ3) is 2.19. The van der Waals surface area contributed by atoms with Crippen LogP contribution in [0.3, 0.4) is 0 Å². The molecule has 3 rings (SSSR count). The fourth-order valence-corrected chi connectivity index (χ4v) is 3.35. The van der Waals surface area contributed by atoms with Gasteiger partial charge in [0.1, 0.15) is 12.1 Å². The van der Waals surface area contributed by atoms with E-state index in [1.165, 1.54) is 0 Å². The maximum Gasteiger partial charge on any atom is 0.332 e. The predicted octanol–water partition coefficient (Wildman–Crippen LogP) is 1.93. The van der Waals surface area contributed by atoms with Gasteiger partial charge in [0.05, 0.1) is 13.0 Å². The molecule has 4 heteroatoms. The molecule has 1 aromatic carbocycles. The van der Waals surface area contributed by atoms with Gasteiger partial charge < -0.3 is 9.64 Å². The average molecular weight is 273 g/mol. The van der Waals surface area contributed by atoms with Gasteiger partial charge in [0, 0.05) is 0 Å². The molecule has 0 aromatic heterocycles. The Kier molecular flexibility index (Phi) is 3.47. The van der Waals surface area contributed by atoms with Crippen LogP contribution in [0.4, 0.5) is 0 Å². The molecule has 20 heavy (non-hydrogen) atoms. The van der Waals surface area contributed by atoms with Crippen molar-refractivity contribution in [1.29, 1.82) is 0 Å². The molecule has 0 unspecified atom stereocenters. The van der Waals surface area contributed by atoms with Crippen LogP contribution in [-0.4, -0.2) is 35.5 Å². The highest BCUT2D eigenvalue weighted by atomic mass is 16.5. The van der Waals surface area contributed by atoms with Crippen LogP contribution in [-0.2, 0) is 20.7 Å². The molecule has 1 amide bonds. The lowest BCUT2D eigenvalue weighted by molar-refractivity contribution is -0.174. The molecule has 1 aliphatic carbocycles. The third-order valence-corrected chi connectivity index (χ3v) is 4.37. The quantitative estimate of drug-likeness (QED) is 0.773. The number of rotatable bonds is 2. The van der Waals surface area contributed by atoms with Crippen molar-refractivity contribution in [2.75, 3.05) is 13.2 Å². The SMILES string of the molecule is O=C(Cc1ccccc1)N1CCOC(=O)C12CCCC2. The Hall–Kier alpha value is -1.84. The number of hydrogen-bond donors (Lipinski definition) is 0. The predicted molar refractivity (Wildman–Crippen MR) is 74.0 cm³/mol. The van der Waals surface area contributed by atoms with Crippen LogP contribution >= 0.6 is 0 Å². The summed E-state index contributed by atoms with van der Waals surface area (Å²) in [7, 11) is 0. The molecule has 0 radical (unpaired) electrons. The zero-order chi connectivity index (χ0) is 14.0. The molecule has 1 saturated carbocycles. The van der Waals surface area contributed by atoms with Gasteiger partial charge in [-0.1, -0.05) is 43.2 Å². The lowest BCUT2D eigenvalue weighted by atomic mass is 9.93. The van der Waals surface area contributed by atoms with Crippen molar-refractivity contribution in [2.45, 2.75) is 37.6 Å². The monoisotopic (exact) mass is 273 g/mol. The van der Waals surface area contributed by atoms with E-state index in [1.807, 2.05) is 30.3 Å². The molecular weight excluding hydrogens is 254 g/mol. The second-order valence-corrected chi connectivity index (χ2v) is 5.58. The minimum absolute atomic E-state index is 0.0368. The molecule has 1 aliphatic heterocycles. The van der Waals surface area contributed by atoms with Crippen LogP contribution < -0.4 is 0 Å². The number of ether oxygens (including phenoxy) is 1. The number of nitrogens with zero attached hydrogens (tertiary/aromatic N) is 1. The highest BCUT2D eigenvalue weighted by molar-refractivity contribution is 5.90. The summed E-state index contributed by atoms with van der Waals surface area (Å²) >= 11 is 0. The first-order valence-corrected chi connectivity index (χ1v) is 7.24. The number of benzene rings is 1. The number of cyclic esters (lactones) is 1. The van der Waals surface area contributed by atoms with Gasteiger partial charge in [0.25, 0.3) is 0 Å². The second kappa shape index (κ2) is 5.27.